The molecule has 1 amide bonds. The number of aromatic hydroxyl groups is 1. The Balaban J connectivity index is 2.57. The summed E-state index contributed by atoms with van der Waals surface area (Å²) in [5.74, 6) is 0.281. The standard InChI is InChI=1S/C14H21NO2S/c1-5-14(3,4)15-13(17)10(2)18-12-8-6-11(16)7-9-12/h6-10,16H,5H2,1-4H3,(H,15,17)/t10-/m0/s1. The molecule has 0 radical (unpaired) electrons. The Bertz CT molecular complexity index is 401. The minimum absolute atomic E-state index is 0.0416. The van der Waals surface area contributed by atoms with Crippen LogP contribution < -0.4 is 5.32 Å². The summed E-state index contributed by atoms with van der Waals surface area (Å²) in [5, 5.41) is 12.1. The van der Waals surface area contributed by atoms with Crippen LogP contribution in [0.15, 0.2) is 29.2 Å². The largest absolute Gasteiger partial charge is 0.508 e. The third-order valence-electron chi connectivity index (χ3n) is 2.86. The summed E-state index contributed by atoms with van der Waals surface area (Å²) >= 11 is 1.49. The smallest absolute Gasteiger partial charge is 0.233 e. The highest BCUT2D eigenvalue weighted by Crippen LogP contribution is 2.25. The van der Waals surface area contributed by atoms with Gasteiger partial charge in [-0.05, 0) is 51.5 Å². The Morgan fingerprint density at radius 3 is 2.44 bits per heavy atom. The Labute approximate surface area is 113 Å². The van der Waals surface area contributed by atoms with E-state index in [1.54, 1.807) is 12.1 Å². The maximum absolute atomic E-state index is 12.0. The molecule has 3 nitrogen and oxygen atoms in total. The van der Waals surface area contributed by atoms with Crippen molar-refractivity contribution in [2.75, 3.05) is 0 Å². The number of amides is 1. The predicted molar refractivity (Wildman–Crippen MR) is 75.9 cm³/mol. The van der Waals surface area contributed by atoms with Gasteiger partial charge in [0.15, 0.2) is 0 Å². The van der Waals surface area contributed by atoms with E-state index in [2.05, 4.69) is 12.2 Å². The molecule has 0 heterocycles. The second-order valence-electron chi connectivity index (χ2n) is 4.98. The van der Waals surface area contributed by atoms with Crippen LogP contribution in [0.5, 0.6) is 5.75 Å². The lowest BCUT2D eigenvalue weighted by atomic mass is 10.0. The molecule has 0 aliphatic carbocycles. The number of thioether (sulfide) groups is 1. The van der Waals surface area contributed by atoms with E-state index < -0.39 is 0 Å². The van der Waals surface area contributed by atoms with Gasteiger partial charge in [0.1, 0.15) is 5.75 Å². The second-order valence-corrected chi connectivity index (χ2v) is 6.39. The molecule has 1 rings (SSSR count). The Morgan fingerprint density at radius 1 is 1.39 bits per heavy atom. The van der Waals surface area contributed by atoms with Crippen molar-refractivity contribution in [2.24, 2.45) is 0 Å². The zero-order valence-corrected chi connectivity index (χ0v) is 12.2. The fourth-order valence-corrected chi connectivity index (χ4v) is 2.17. The Morgan fingerprint density at radius 2 is 1.94 bits per heavy atom. The number of nitrogens with one attached hydrogen (secondary N) is 1. The molecule has 0 fully saturated rings. The highest BCUT2D eigenvalue weighted by Gasteiger charge is 2.22. The van der Waals surface area contributed by atoms with Gasteiger partial charge in [-0.1, -0.05) is 6.92 Å². The van der Waals surface area contributed by atoms with Gasteiger partial charge in [0.2, 0.25) is 5.91 Å². The molecule has 1 aromatic carbocycles. The second kappa shape index (κ2) is 6.14. The van der Waals surface area contributed by atoms with Crippen LogP contribution in [0.1, 0.15) is 34.1 Å². The lowest BCUT2D eigenvalue weighted by molar-refractivity contribution is -0.121. The molecule has 1 atom stereocenters. The molecule has 0 bridgehead atoms. The van der Waals surface area contributed by atoms with Gasteiger partial charge in [0, 0.05) is 10.4 Å². The number of hydrogen-bond donors (Lipinski definition) is 2. The first-order chi connectivity index (χ1) is 8.34. The van der Waals surface area contributed by atoms with Crippen molar-refractivity contribution >= 4 is 17.7 Å². The van der Waals surface area contributed by atoms with Crippen LogP contribution in [0.25, 0.3) is 0 Å². The van der Waals surface area contributed by atoms with Crippen molar-refractivity contribution < 1.29 is 9.90 Å². The zero-order valence-electron chi connectivity index (χ0n) is 11.4. The van der Waals surface area contributed by atoms with Crippen LogP contribution in [0.2, 0.25) is 0 Å². The topological polar surface area (TPSA) is 49.3 Å². The molecule has 0 aliphatic rings. The third kappa shape index (κ3) is 4.61. The molecular weight excluding hydrogens is 246 g/mol. The Kier molecular flexibility index (Phi) is 5.08. The van der Waals surface area contributed by atoms with E-state index in [-0.39, 0.29) is 22.4 Å². The quantitative estimate of drug-likeness (QED) is 0.806. The number of rotatable bonds is 5. The number of carbonyl (C=O) groups excluding carboxylic acids is 1. The highest BCUT2D eigenvalue weighted by molar-refractivity contribution is 8.00. The number of phenolic OH excluding ortho intramolecular Hbond substituents is 1. The van der Waals surface area contributed by atoms with Crippen LogP contribution >= 0.6 is 11.8 Å². The lowest BCUT2D eigenvalue weighted by Gasteiger charge is -2.26. The van der Waals surface area contributed by atoms with Crippen LogP contribution in [-0.2, 0) is 4.79 Å². The van der Waals surface area contributed by atoms with E-state index >= 15 is 0 Å². The first kappa shape index (κ1) is 14.9. The molecule has 4 heteroatoms. The van der Waals surface area contributed by atoms with Crippen molar-refractivity contribution in [3.8, 4) is 5.75 Å². The van der Waals surface area contributed by atoms with Crippen molar-refractivity contribution in [1.29, 1.82) is 0 Å². The molecule has 0 aromatic heterocycles. The molecule has 0 aliphatic heterocycles. The van der Waals surface area contributed by atoms with Crippen molar-refractivity contribution in [3.63, 3.8) is 0 Å². The summed E-state index contributed by atoms with van der Waals surface area (Å²) in [5.41, 5.74) is -0.166. The van der Waals surface area contributed by atoms with E-state index in [9.17, 15) is 9.90 Å². The number of hydrogen-bond acceptors (Lipinski definition) is 3. The van der Waals surface area contributed by atoms with Gasteiger partial charge in [0.05, 0.1) is 5.25 Å². The van der Waals surface area contributed by atoms with E-state index in [1.165, 1.54) is 11.8 Å². The highest BCUT2D eigenvalue weighted by atomic mass is 32.2. The Hall–Kier alpha value is -1.16. The average Bonchev–Trinajstić information content (AvgIpc) is 2.31. The van der Waals surface area contributed by atoms with E-state index in [0.717, 1.165) is 11.3 Å². The normalized spacial score (nSPS) is 13.1. The molecule has 0 unspecified atom stereocenters. The molecule has 18 heavy (non-hydrogen) atoms. The number of carbonyl (C=O) groups is 1. The van der Waals surface area contributed by atoms with Gasteiger partial charge in [-0.25, -0.2) is 0 Å². The van der Waals surface area contributed by atoms with E-state index in [4.69, 9.17) is 0 Å². The summed E-state index contributed by atoms with van der Waals surface area (Å²) in [6.45, 7) is 7.97. The summed E-state index contributed by atoms with van der Waals surface area (Å²) in [6, 6.07) is 6.88. The van der Waals surface area contributed by atoms with E-state index in [0.29, 0.717) is 0 Å². The maximum Gasteiger partial charge on any atom is 0.233 e. The van der Waals surface area contributed by atoms with Crippen molar-refractivity contribution in [3.05, 3.63) is 24.3 Å². The van der Waals surface area contributed by atoms with Crippen molar-refractivity contribution in [1.82, 2.24) is 5.32 Å². The van der Waals surface area contributed by atoms with Crippen LogP contribution in [-0.4, -0.2) is 21.8 Å². The monoisotopic (exact) mass is 267 g/mol. The van der Waals surface area contributed by atoms with Gasteiger partial charge >= 0.3 is 0 Å². The number of phenols is 1. The van der Waals surface area contributed by atoms with Gasteiger partial charge in [-0.3, -0.25) is 4.79 Å². The van der Waals surface area contributed by atoms with Crippen LogP contribution in [0.3, 0.4) is 0 Å². The summed E-state index contributed by atoms with van der Waals surface area (Å²) < 4.78 is 0. The van der Waals surface area contributed by atoms with E-state index in [1.807, 2.05) is 32.9 Å². The molecular formula is C14H21NO2S. The fourth-order valence-electron chi connectivity index (χ4n) is 1.31. The summed E-state index contributed by atoms with van der Waals surface area (Å²) in [7, 11) is 0. The summed E-state index contributed by atoms with van der Waals surface area (Å²) in [4.78, 5) is 13.0. The third-order valence-corrected chi connectivity index (χ3v) is 3.98. The zero-order chi connectivity index (χ0) is 13.8. The molecule has 0 saturated heterocycles. The first-order valence-corrected chi connectivity index (χ1v) is 7.00. The average molecular weight is 267 g/mol. The van der Waals surface area contributed by atoms with Crippen LogP contribution in [0, 0.1) is 0 Å². The SMILES string of the molecule is CCC(C)(C)NC(=O)[C@H](C)Sc1ccc(O)cc1. The fraction of sp³-hybridized carbons (Fsp3) is 0.500. The number of benzene rings is 1. The maximum atomic E-state index is 12.0. The minimum atomic E-state index is -0.166. The predicted octanol–water partition coefficient (Wildman–Crippen LogP) is 3.18. The minimum Gasteiger partial charge on any atom is -0.508 e. The van der Waals surface area contributed by atoms with Gasteiger partial charge in [-0.15, -0.1) is 11.8 Å². The van der Waals surface area contributed by atoms with Crippen LogP contribution in [0.4, 0.5) is 0 Å². The molecule has 100 valence electrons. The molecule has 0 saturated carbocycles. The molecule has 0 spiro atoms. The molecule has 2 N–H and O–H groups in total. The van der Waals surface area contributed by atoms with Gasteiger partial charge in [0.25, 0.3) is 0 Å². The summed E-state index contributed by atoms with van der Waals surface area (Å²) in [6.07, 6.45) is 0.898. The first-order valence-electron chi connectivity index (χ1n) is 6.12. The lowest BCUT2D eigenvalue weighted by Crippen LogP contribution is -2.46. The molecule has 1 aromatic rings. The van der Waals surface area contributed by atoms with Gasteiger partial charge in [-0.2, -0.15) is 0 Å². The van der Waals surface area contributed by atoms with Gasteiger partial charge < -0.3 is 10.4 Å². The van der Waals surface area contributed by atoms with Crippen molar-refractivity contribution in [2.45, 2.75) is 49.8 Å².